The molecule has 4 nitrogen and oxygen atoms in total. The van der Waals surface area contributed by atoms with Crippen LogP contribution in [0.3, 0.4) is 0 Å². The van der Waals surface area contributed by atoms with Gasteiger partial charge in [0.1, 0.15) is 4.87 Å². The van der Waals surface area contributed by atoms with Crippen molar-refractivity contribution in [3.05, 3.63) is 215 Å². The second-order valence-corrected chi connectivity index (χ2v) is 14.0. The molecule has 0 aromatic heterocycles. The summed E-state index contributed by atoms with van der Waals surface area (Å²) in [6, 6.07) is 59.1. The fourth-order valence-corrected chi connectivity index (χ4v) is 7.16. The summed E-state index contributed by atoms with van der Waals surface area (Å²) in [5.74, 6) is -0.199. The summed E-state index contributed by atoms with van der Waals surface area (Å²) in [6.07, 6.45) is 0. The summed E-state index contributed by atoms with van der Waals surface area (Å²) in [7, 11) is -3.86. The highest BCUT2D eigenvalue weighted by molar-refractivity contribution is 7.86. The minimum absolute atomic E-state index is 0.0758. The van der Waals surface area contributed by atoms with Crippen LogP contribution in [0.2, 0.25) is 0 Å². The van der Waals surface area contributed by atoms with Crippen molar-refractivity contribution in [2.45, 2.75) is 24.3 Å². The fourth-order valence-electron chi connectivity index (χ4n) is 5.71. The first kappa shape index (κ1) is 34.8. The monoisotopic (exact) mass is 674 g/mol. The summed E-state index contributed by atoms with van der Waals surface area (Å²) in [5, 5.41) is 0. The molecule has 6 aromatic rings. The zero-order chi connectivity index (χ0) is 33.9. The molecule has 0 saturated carbocycles. The Bertz CT molecular complexity index is 1730. The molecule has 0 bridgehead atoms. The van der Waals surface area contributed by atoms with Gasteiger partial charge in [-0.15, -0.1) is 15.9 Å². The first-order valence-electron chi connectivity index (χ1n) is 15.9. The zero-order valence-electron chi connectivity index (χ0n) is 27.0. The van der Waals surface area contributed by atoms with E-state index in [2.05, 4.69) is 36.4 Å². The van der Waals surface area contributed by atoms with Crippen LogP contribution in [0.1, 0.15) is 47.2 Å². The molecule has 0 amide bonds. The Hall–Kier alpha value is -4.52. The lowest BCUT2D eigenvalue weighted by Gasteiger charge is -2.33. The quantitative estimate of drug-likeness (QED) is 0.0594. The highest BCUT2D eigenvalue weighted by Gasteiger charge is 2.41. The molecule has 0 saturated heterocycles. The molecule has 0 atom stereocenters. The SMILES string of the molecule is CC(C)CS(=O)(=O)OOC(c1ccccc1)(c1ccccc1)c1ccccc1.ClC(c1ccccc1)(c1ccccc1)c1ccccc1. The van der Waals surface area contributed by atoms with Gasteiger partial charge in [-0.2, -0.15) is 13.3 Å². The van der Waals surface area contributed by atoms with Crippen molar-refractivity contribution in [3.8, 4) is 0 Å². The van der Waals surface area contributed by atoms with Gasteiger partial charge in [0.25, 0.3) is 10.1 Å². The molecule has 0 aliphatic heterocycles. The predicted molar refractivity (Wildman–Crippen MR) is 195 cm³/mol. The van der Waals surface area contributed by atoms with Crippen molar-refractivity contribution in [1.29, 1.82) is 0 Å². The van der Waals surface area contributed by atoms with E-state index < -0.39 is 20.6 Å². The normalized spacial score (nSPS) is 11.8. The number of hydrogen-bond donors (Lipinski definition) is 0. The molecule has 0 unspecified atom stereocenters. The van der Waals surface area contributed by atoms with Crippen LogP contribution in [0.4, 0.5) is 0 Å². The van der Waals surface area contributed by atoms with Crippen LogP contribution in [0.25, 0.3) is 0 Å². The first-order valence-corrected chi connectivity index (χ1v) is 17.8. The molecule has 0 aliphatic rings. The maximum Gasteiger partial charge on any atom is 0.293 e. The molecule has 0 spiro atoms. The Morgan fingerprint density at radius 2 is 0.729 bits per heavy atom. The van der Waals surface area contributed by atoms with E-state index in [1.807, 2.05) is 159 Å². The van der Waals surface area contributed by atoms with E-state index in [9.17, 15) is 8.42 Å². The topological polar surface area (TPSA) is 52.6 Å². The first-order chi connectivity index (χ1) is 23.3. The molecule has 6 heteroatoms. The van der Waals surface area contributed by atoms with E-state index in [1.165, 1.54) is 0 Å². The van der Waals surface area contributed by atoms with Crippen molar-refractivity contribution in [1.82, 2.24) is 0 Å². The summed E-state index contributed by atoms with van der Waals surface area (Å²) < 4.78 is 30.0. The van der Waals surface area contributed by atoms with E-state index in [1.54, 1.807) is 0 Å². The molecule has 6 aromatic carbocycles. The Kier molecular flexibility index (Phi) is 11.6. The summed E-state index contributed by atoms with van der Waals surface area (Å²) in [4.78, 5) is 5.22. The second kappa shape index (κ2) is 16.1. The van der Waals surface area contributed by atoms with Gasteiger partial charge in [-0.05, 0) is 39.3 Å². The van der Waals surface area contributed by atoms with Gasteiger partial charge in [0.05, 0.1) is 5.75 Å². The average molecular weight is 675 g/mol. The van der Waals surface area contributed by atoms with Crippen molar-refractivity contribution in [2.75, 3.05) is 5.75 Å². The second-order valence-electron chi connectivity index (χ2n) is 11.8. The molecular weight excluding hydrogens is 636 g/mol. The summed E-state index contributed by atoms with van der Waals surface area (Å²) >= 11 is 7.12. The third kappa shape index (κ3) is 8.12. The van der Waals surface area contributed by atoms with Gasteiger partial charge in [0.15, 0.2) is 5.60 Å². The van der Waals surface area contributed by atoms with Gasteiger partial charge in [-0.25, -0.2) is 0 Å². The number of halogens is 1. The van der Waals surface area contributed by atoms with Crippen molar-refractivity contribution in [3.63, 3.8) is 0 Å². The minimum atomic E-state index is -3.86. The number of benzene rings is 6. The van der Waals surface area contributed by atoms with Crippen molar-refractivity contribution >= 4 is 21.7 Å². The van der Waals surface area contributed by atoms with Gasteiger partial charge in [-0.3, -0.25) is 0 Å². The smallest absolute Gasteiger partial charge is 0.198 e. The third-order valence-corrected chi connectivity index (χ3v) is 9.86. The standard InChI is InChI=1S/C23H24O4S.C19H15Cl/c1-19(2)18-28(24,25)27-26-23(20-12-6-3-7-13-20,21-14-8-4-9-15-21)22-16-10-5-11-17-22;20-19(16-10-4-1-5-11-16,17-12-6-2-7-13-17)18-14-8-3-9-15-18/h3-17,19H,18H2,1-2H3;1-15H. The molecule has 0 heterocycles. The maximum atomic E-state index is 12.4. The van der Waals surface area contributed by atoms with Crippen LogP contribution < -0.4 is 0 Å². The zero-order valence-corrected chi connectivity index (χ0v) is 28.6. The lowest BCUT2D eigenvalue weighted by atomic mass is 9.80. The lowest BCUT2D eigenvalue weighted by molar-refractivity contribution is -0.265. The van der Waals surface area contributed by atoms with E-state index >= 15 is 0 Å². The van der Waals surface area contributed by atoms with Gasteiger partial charge in [0.2, 0.25) is 0 Å². The van der Waals surface area contributed by atoms with Crippen LogP contribution in [-0.4, -0.2) is 14.2 Å². The largest absolute Gasteiger partial charge is 0.293 e. The van der Waals surface area contributed by atoms with E-state index in [-0.39, 0.29) is 11.7 Å². The molecule has 48 heavy (non-hydrogen) atoms. The number of alkyl halides is 1. The molecule has 0 N–H and O–H groups in total. The molecule has 0 fully saturated rings. The third-order valence-electron chi connectivity index (χ3n) is 7.86. The molecule has 6 rings (SSSR count). The van der Waals surface area contributed by atoms with Crippen molar-refractivity contribution in [2.24, 2.45) is 5.92 Å². The lowest BCUT2D eigenvalue weighted by Crippen LogP contribution is -2.34. The van der Waals surface area contributed by atoms with Crippen LogP contribution in [0.5, 0.6) is 0 Å². The molecule has 0 aliphatic carbocycles. The van der Waals surface area contributed by atoms with Crippen LogP contribution >= 0.6 is 11.6 Å². The fraction of sp³-hybridized carbons (Fsp3) is 0.143. The Morgan fingerprint density at radius 1 is 0.479 bits per heavy atom. The van der Waals surface area contributed by atoms with Gasteiger partial charge < -0.3 is 0 Å². The van der Waals surface area contributed by atoms with Crippen LogP contribution in [0, 0.1) is 5.92 Å². The average Bonchev–Trinajstić information content (AvgIpc) is 3.14. The highest BCUT2D eigenvalue weighted by Crippen LogP contribution is 2.43. The minimum Gasteiger partial charge on any atom is -0.198 e. The highest BCUT2D eigenvalue weighted by atomic mass is 35.5. The molecular formula is C42H39ClO4S. The Labute approximate surface area is 289 Å². The maximum absolute atomic E-state index is 12.4. The molecule has 244 valence electrons. The van der Waals surface area contributed by atoms with E-state index in [4.69, 9.17) is 20.8 Å². The van der Waals surface area contributed by atoms with Crippen LogP contribution in [0.15, 0.2) is 182 Å². The number of rotatable bonds is 11. The predicted octanol–water partition coefficient (Wildman–Crippen LogP) is 10.1. The van der Waals surface area contributed by atoms with E-state index in [0.717, 1.165) is 33.4 Å². The van der Waals surface area contributed by atoms with Crippen molar-refractivity contribution < 1.29 is 17.6 Å². The number of hydrogen-bond acceptors (Lipinski definition) is 4. The van der Waals surface area contributed by atoms with Gasteiger partial charge in [0, 0.05) is 0 Å². The van der Waals surface area contributed by atoms with E-state index in [0.29, 0.717) is 0 Å². The Balaban J connectivity index is 0.000000198. The Morgan fingerprint density at radius 3 is 0.979 bits per heavy atom. The summed E-state index contributed by atoms with van der Waals surface area (Å²) in [5.41, 5.74) is 4.33. The molecule has 0 radical (unpaired) electrons. The van der Waals surface area contributed by atoms with Gasteiger partial charge in [-0.1, -0.05) is 196 Å². The van der Waals surface area contributed by atoms with Gasteiger partial charge >= 0.3 is 0 Å². The summed E-state index contributed by atoms with van der Waals surface area (Å²) in [6.45, 7) is 3.64. The van der Waals surface area contributed by atoms with Crippen LogP contribution in [-0.2, 0) is 29.8 Å².